The van der Waals surface area contributed by atoms with Crippen molar-refractivity contribution in [2.24, 2.45) is 5.92 Å². The highest BCUT2D eigenvalue weighted by Gasteiger charge is 2.42. The molecule has 0 saturated carbocycles. The lowest BCUT2D eigenvalue weighted by molar-refractivity contribution is -0.175. The van der Waals surface area contributed by atoms with Gasteiger partial charge in [-0.15, -0.1) is 0 Å². The Morgan fingerprint density at radius 1 is 1.53 bits per heavy atom. The van der Waals surface area contributed by atoms with Crippen molar-refractivity contribution in [2.45, 2.75) is 19.0 Å². The largest absolute Gasteiger partial charge is 0.477 e. The average molecular weight is 315 g/mol. The van der Waals surface area contributed by atoms with Gasteiger partial charge in [0.25, 0.3) is 0 Å². The molecule has 0 aliphatic carbocycles. The van der Waals surface area contributed by atoms with Gasteiger partial charge in [-0.25, -0.2) is 9.78 Å². The molecule has 1 aromatic heterocycles. The van der Waals surface area contributed by atoms with Gasteiger partial charge in [0.1, 0.15) is 0 Å². The lowest BCUT2D eigenvalue weighted by Gasteiger charge is -2.33. The van der Waals surface area contributed by atoms with Gasteiger partial charge in [0, 0.05) is 13.1 Å². The molecule has 9 heteroatoms. The molecule has 1 N–H and O–H groups in total. The van der Waals surface area contributed by atoms with Crippen LogP contribution in [0.1, 0.15) is 22.5 Å². The zero-order valence-corrected chi connectivity index (χ0v) is 11.1. The molecular formula is C10H10ClF3N2O2S. The first-order chi connectivity index (χ1) is 8.79. The number of carbonyl (C=O) groups is 1. The van der Waals surface area contributed by atoms with E-state index in [0.717, 1.165) is 11.3 Å². The molecule has 2 rings (SSSR count). The predicted molar refractivity (Wildman–Crippen MR) is 65.1 cm³/mol. The maximum Gasteiger partial charge on any atom is 0.393 e. The van der Waals surface area contributed by atoms with Crippen LogP contribution in [0.5, 0.6) is 0 Å². The van der Waals surface area contributed by atoms with Crippen molar-refractivity contribution in [1.29, 1.82) is 0 Å². The number of piperidine rings is 1. The summed E-state index contributed by atoms with van der Waals surface area (Å²) in [6.45, 7) is 0.224. The van der Waals surface area contributed by atoms with Crippen molar-refractivity contribution in [3.8, 4) is 0 Å². The summed E-state index contributed by atoms with van der Waals surface area (Å²) in [5, 5.41) is 8.90. The van der Waals surface area contributed by atoms with Gasteiger partial charge in [0.2, 0.25) is 0 Å². The molecule has 2 heterocycles. The van der Waals surface area contributed by atoms with E-state index in [1.165, 1.54) is 4.90 Å². The van der Waals surface area contributed by atoms with Crippen molar-refractivity contribution in [1.82, 2.24) is 4.98 Å². The lowest BCUT2D eigenvalue weighted by atomic mass is 9.98. The summed E-state index contributed by atoms with van der Waals surface area (Å²) in [4.78, 5) is 16.0. The van der Waals surface area contributed by atoms with Gasteiger partial charge in [-0.3, -0.25) is 0 Å². The minimum atomic E-state index is -4.24. The Bertz CT molecular complexity index is 492. The Hall–Kier alpha value is -1.02. The van der Waals surface area contributed by atoms with Crippen LogP contribution in [0.3, 0.4) is 0 Å². The summed E-state index contributed by atoms with van der Waals surface area (Å²) in [5.74, 6) is -2.63. The number of carboxylic acids is 1. The summed E-state index contributed by atoms with van der Waals surface area (Å²) in [5.41, 5.74) is 0. The van der Waals surface area contributed by atoms with Crippen molar-refractivity contribution in [3.05, 3.63) is 10.0 Å². The van der Waals surface area contributed by atoms with Crippen LogP contribution < -0.4 is 4.90 Å². The Balaban J connectivity index is 2.18. The average Bonchev–Trinajstić information content (AvgIpc) is 2.70. The molecular weight excluding hydrogens is 305 g/mol. The van der Waals surface area contributed by atoms with Gasteiger partial charge in [0.05, 0.1) is 5.92 Å². The molecule has 0 aromatic carbocycles. The van der Waals surface area contributed by atoms with Crippen LogP contribution >= 0.6 is 22.9 Å². The molecule has 19 heavy (non-hydrogen) atoms. The summed E-state index contributed by atoms with van der Waals surface area (Å²) in [6.07, 6.45) is -3.76. The first-order valence-corrected chi connectivity index (χ1v) is 6.69. The summed E-state index contributed by atoms with van der Waals surface area (Å²) in [7, 11) is 0. The molecule has 0 bridgehead atoms. The molecule has 1 unspecified atom stereocenters. The fraction of sp³-hybridized carbons (Fsp3) is 0.600. The summed E-state index contributed by atoms with van der Waals surface area (Å²) >= 11 is 6.46. The zero-order valence-electron chi connectivity index (χ0n) is 9.58. The monoisotopic (exact) mass is 314 g/mol. The van der Waals surface area contributed by atoms with Crippen LogP contribution in [0.15, 0.2) is 0 Å². The number of rotatable bonds is 2. The molecule has 1 aliphatic rings. The van der Waals surface area contributed by atoms with Gasteiger partial charge < -0.3 is 10.0 Å². The number of aromatic carboxylic acids is 1. The molecule has 0 spiro atoms. The second kappa shape index (κ2) is 5.16. The number of halogens is 4. The topological polar surface area (TPSA) is 53.4 Å². The van der Waals surface area contributed by atoms with Crippen LogP contribution in [0.4, 0.5) is 18.3 Å². The van der Waals surface area contributed by atoms with E-state index in [1.807, 2.05) is 0 Å². The number of thiazole rings is 1. The van der Waals surface area contributed by atoms with Crippen molar-refractivity contribution >= 4 is 34.0 Å². The fourth-order valence-electron chi connectivity index (χ4n) is 1.98. The highest BCUT2D eigenvalue weighted by molar-refractivity contribution is 7.18. The molecule has 4 nitrogen and oxygen atoms in total. The second-order valence-corrected chi connectivity index (χ2v) is 5.58. The van der Waals surface area contributed by atoms with Crippen molar-refractivity contribution in [3.63, 3.8) is 0 Å². The Morgan fingerprint density at radius 3 is 2.74 bits per heavy atom. The van der Waals surface area contributed by atoms with Gasteiger partial charge >= 0.3 is 12.1 Å². The smallest absolute Gasteiger partial charge is 0.393 e. The number of nitrogens with zero attached hydrogens (tertiary/aromatic N) is 2. The molecule has 1 atom stereocenters. The van der Waals surface area contributed by atoms with E-state index in [9.17, 15) is 18.0 Å². The van der Waals surface area contributed by atoms with Gasteiger partial charge in [-0.05, 0) is 12.8 Å². The first kappa shape index (κ1) is 14.4. The van der Waals surface area contributed by atoms with E-state index in [0.29, 0.717) is 13.0 Å². The number of alkyl halides is 3. The highest BCUT2D eigenvalue weighted by atomic mass is 35.5. The van der Waals surface area contributed by atoms with Crippen molar-refractivity contribution in [2.75, 3.05) is 18.0 Å². The van der Waals surface area contributed by atoms with E-state index in [-0.39, 0.29) is 28.1 Å². The molecule has 0 radical (unpaired) electrons. The quantitative estimate of drug-likeness (QED) is 0.910. The van der Waals surface area contributed by atoms with Crippen LogP contribution in [-0.4, -0.2) is 35.3 Å². The Morgan fingerprint density at radius 2 is 2.21 bits per heavy atom. The maximum absolute atomic E-state index is 12.7. The summed E-state index contributed by atoms with van der Waals surface area (Å²) in [6, 6.07) is 0. The second-order valence-electron chi connectivity index (χ2n) is 4.25. The molecule has 1 saturated heterocycles. The van der Waals surface area contributed by atoms with E-state index < -0.39 is 18.1 Å². The Kier molecular flexibility index (Phi) is 3.91. The standard InChI is InChI=1S/C10H10ClF3N2O2S/c11-7-6(8(17)18)19-9(15-7)16-3-1-2-5(4-16)10(12,13)14/h5H,1-4H2,(H,17,18). The van der Waals surface area contributed by atoms with E-state index in [1.54, 1.807) is 0 Å². The molecule has 1 aliphatic heterocycles. The normalized spacial score (nSPS) is 20.6. The molecule has 1 fully saturated rings. The van der Waals surface area contributed by atoms with Crippen LogP contribution in [0.25, 0.3) is 0 Å². The first-order valence-electron chi connectivity index (χ1n) is 5.50. The van der Waals surface area contributed by atoms with Gasteiger partial charge in [-0.1, -0.05) is 22.9 Å². The van der Waals surface area contributed by atoms with Crippen LogP contribution in [-0.2, 0) is 0 Å². The van der Waals surface area contributed by atoms with E-state index in [4.69, 9.17) is 16.7 Å². The summed E-state index contributed by atoms with van der Waals surface area (Å²) < 4.78 is 38.0. The van der Waals surface area contributed by atoms with Crippen LogP contribution in [0.2, 0.25) is 5.15 Å². The molecule has 1 aromatic rings. The Labute approximate surface area is 115 Å². The minimum Gasteiger partial charge on any atom is -0.477 e. The van der Waals surface area contributed by atoms with Gasteiger partial charge in [-0.2, -0.15) is 13.2 Å². The third-order valence-electron chi connectivity index (χ3n) is 2.92. The van der Waals surface area contributed by atoms with Crippen LogP contribution in [0, 0.1) is 5.92 Å². The number of hydrogen-bond acceptors (Lipinski definition) is 4. The zero-order chi connectivity index (χ0) is 14.2. The minimum absolute atomic E-state index is 0.0882. The SMILES string of the molecule is O=C(O)c1sc(N2CCCC(C(F)(F)F)C2)nc1Cl. The van der Waals surface area contributed by atoms with Gasteiger partial charge in [0.15, 0.2) is 15.2 Å². The number of aromatic nitrogens is 1. The third-order valence-corrected chi connectivity index (χ3v) is 4.41. The highest BCUT2D eigenvalue weighted by Crippen LogP contribution is 2.37. The maximum atomic E-state index is 12.7. The molecule has 0 amide bonds. The fourth-order valence-corrected chi connectivity index (χ4v) is 3.13. The number of hydrogen-bond donors (Lipinski definition) is 1. The lowest BCUT2D eigenvalue weighted by Crippen LogP contribution is -2.41. The molecule has 106 valence electrons. The predicted octanol–water partition coefficient (Wildman–Crippen LogP) is 3.27. The van der Waals surface area contributed by atoms with Crippen molar-refractivity contribution < 1.29 is 23.1 Å². The third kappa shape index (κ3) is 3.11. The van der Waals surface area contributed by atoms with E-state index >= 15 is 0 Å². The van der Waals surface area contributed by atoms with E-state index in [2.05, 4.69) is 4.98 Å². The number of anilines is 1. The number of carboxylic acid groups (broad SMARTS) is 1.